The Hall–Kier alpha value is -2.73. The van der Waals surface area contributed by atoms with Gasteiger partial charge in [-0.3, -0.25) is 9.59 Å². The number of anilines is 3. The van der Waals surface area contributed by atoms with E-state index in [2.05, 4.69) is 21.6 Å². The normalized spacial score (nSPS) is 16.3. The number of carbonyl (C=O) groups excluding carboxylic acids is 2. The number of fused-ring (bicyclic) bond motifs is 1. The number of hydrogen-bond acceptors (Lipinski definition) is 4. The second kappa shape index (κ2) is 8.33. The molecule has 0 bridgehead atoms. The molecule has 2 N–H and O–H groups in total. The minimum atomic E-state index is 0.0568. The molecular weight excluding hydrogens is 388 g/mol. The topological polar surface area (TPSA) is 64.7 Å². The minimum Gasteiger partial charge on any atom is -0.376 e. The molecule has 29 heavy (non-hydrogen) atoms. The van der Waals surface area contributed by atoms with Crippen molar-refractivity contribution in [3.05, 3.63) is 52.5 Å². The van der Waals surface area contributed by atoms with Gasteiger partial charge in [0.1, 0.15) is 0 Å². The van der Waals surface area contributed by atoms with Crippen LogP contribution in [0.5, 0.6) is 0 Å². The minimum absolute atomic E-state index is 0.0568. The Morgan fingerprint density at radius 1 is 1.10 bits per heavy atom. The molecule has 7 heteroatoms. The van der Waals surface area contributed by atoms with E-state index < -0.39 is 0 Å². The molecule has 0 aliphatic carbocycles. The fourth-order valence-corrected chi connectivity index (χ4v) is 3.94. The van der Waals surface area contributed by atoms with E-state index in [1.54, 1.807) is 0 Å². The fraction of sp³-hybridized carbons (Fsp3) is 0.364. The van der Waals surface area contributed by atoms with Gasteiger partial charge in [0.15, 0.2) is 0 Å². The molecule has 2 aliphatic rings. The zero-order chi connectivity index (χ0) is 20.4. The highest BCUT2D eigenvalue weighted by atomic mass is 35.5. The van der Waals surface area contributed by atoms with Gasteiger partial charge in [0, 0.05) is 54.7 Å². The van der Waals surface area contributed by atoms with Crippen molar-refractivity contribution in [1.29, 1.82) is 0 Å². The molecule has 0 radical (unpaired) electrons. The molecule has 1 saturated heterocycles. The number of aryl methyl sites for hydroxylation is 2. The van der Waals surface area contributed by atoms with Crippen LogP contribution in [0.15, 0.2) is 36.4 Å². The van der Waals surface area contributed by atoms with Gasteiger partial charge in [-0.15, -0.1) is 0 Å². The molecule has 0 atom stereocenters. The van der Waals surface area contributed by atoms with Gasteiger partial charge in [0.05, 0.1) is 6.54 Å². The van der Waals surface area contributed by atoms with Gasteiger partial charge in [-0.05, 0) is 60.9 Å². The lowest BCUT2D eigenvalue weighted by molar-refractivity contribution is -0.129. The molecule has 1 fully saturated rings. The van der Waals surface area contributed by atoms with Gasteiger partial charge in [0.25, 0.3) is 0 Å². The summed E-state index contributed by atoms with van der Waals surface area (Å²) in [6.45, 7) is 5.31. The average molecular weight is 413 g/mol. The molecule has 2 amide bonds. The number of piperazine rings is 1. The third kappa shape index (κ3) is 4.48. The van der Waals surface area contributed by atoms with Crippen LogP contribution in [-0.4, -0.2) is 49.4 Å². The molecule has 6 nitrogen and oxygen atoms in total. The highest BCUT2D eigenvalue weighted by Crippen LogP contribution is 2.26. The van der Waals surface area contributed by atoms with Crippen LogP contribution in [0, 0.1) is 6.92 Å². The van der Waals surface area contributed by atoms with Crippen LogP contribution in [0.25, 0.3) is 0 Å². The molecule has 0 aromatic heterocycles. The molecule has 0 unspecified atom stereocenters. The number of carbonyl (C=O) groups is 2. The predicted molar refractivity (Wildman–Crippen MR) is 117 cm³/mol. The summed E-state index contributed by atoms with van der Waals surface area (Å²) >= 11 is 6.12. The standard InChI is InChI=1S/C22H25ClN4O2/c1-15-12-18(4-5-19(15)23)26-8-10-27(11-9-26)22(29)14-24-17-3-6-20-16(13-17)2-7-21(28)25-20/h3-6,12-13,24H,2,7-11,14H2,1H3,(H,25,28). The maximum Gasteiger partial charge on any atom is 0.241 e. The summed E-state index contributed by atoms with van der Waals surface area (Å²) in [7, 11) is 0. The van der Waals surface area contributed by atoms with Crippen molar-refractivity contribution in [3.63, 3.8) is 0 Å². The number of benzene rings is 2. The van der Waals surface area contributed by atoms with Crippen LogP contribution in [0.2, 0.25) is 5.02 Å². The van der Waals surface area contributed by atoms with Crippen molar-refractivity contribution in [1.82, 2.24) is 4.90 Å². The van der Waals surface area contributed by atoms with Crippen molar-refractivity contribution in [2.45, 2.75) is 19.8 Å². The number of halogens is 1. The Kier molecular flexibility index (Phi) is 5.62. The Morgan fingerprint density at radius 2 is 1.90 bits per heavy atom. The fourth-order valence-electron chi connectivity index (χ4n) is 3.82. The maximum atomic E-state index is 12.6. The second-order valence-electron chi connectivity index (χ2n) is 7.57. The molecule has 0 spiro atoms. The zero-order valence-corrected chi connectivity index (χ0v) is 17.3. The first-order chi connectivity index (χ1) is 14.0. The summed E-state index contributed by atoms with van der Waals surface area (Å²) < 4.78 is 0. The van der Waals surface area contributed by atoms with Gasteiger partial charge in [-0.2, -0.15) is 0 Å². The lowest BCUT2D eigenvalue weighted by Crippen LogP contribution is -2.50. The molecule has 152 valence electrons. The van der Waals surface area contributed by atoms with Crippen LogP contribution in [-0.2, 0) is 16.0 Å². The first-order valence-electron chi connectivity index (χ1n) is 9.95. The maximum absolute atomic E-state index is 12.6. The highest BCUT2D eigenvalue weighted by molar-refractivity contribution is 6.31. The number of hydrogen-bond donors (Lipinski definition) is 2. The van der Waals surface area contributed by atoms with Crippen LogP contribution in [0.4, 0.5) is 17.1 Å². The number of rotatable bonds is 4. The highest BCUT2D eigenvalue weighted by Gasteiger charge is 2.21. The van der Waals surface area contributed by atoms with Gasteiger partial charge in [0.2, 0.25) is 11.8 Å². The average Bonchev–Trinajstić information content (AvgIpc) is 2.74. The first-order valence-corrected chi connectivity index (χ1v) is 10.3. The molecule has 2 aromatic carbocycles. The van der Waals surface area contributed by atoms with Crippen molar-refractivity contribution in [2.24, 2.45) is 0 Å². The number of amides is 2. The van der Waals surface area contributed by atoms with Crippen molar-refractivity contribution in [3.8, 4) is 0 Å². The first kappa shape index (κ1) is 19.6. The van der Waals surface area contributed by atoms with E-state index in [1.165, 1.54) is 0 Å². The van der Waals surface area contributed by atoms with Crippen LogP contribution in [0.1, 0.15) is 17.5 Å². The molecule has 0 saturated carbocycles. The predicted octanol–water partition coefficient (Wildman–Crippen LogP) is 3.29. The zero-order valence-electron chi connectivity index (χ0n) is 16.5. The third-order valence-corrected chi connectivity index (χ3v) is 6.01. The van der Waals surface area contributed by atoms with Gasteiger partial charge >= 0.3 is 0 Å². The summed E-state index contributed by atoms with van der Waals surface area (Å²) in [5, 5.41) is 6.88. The number of nitrogens with zero attached hydrogens (tertiary/aromatic N) is 2. The monoisotopic (exact) mass is 412 g/mol. The van der Waals surface area contributed by atoms with E-state index in [4.69, 9.17) is 11.6 Å². The van der Waals surface area contributed by atoms with Crippen LogP contribution >= 0.6 is 11.6 Å². The lowest BCUT2D eigenvalue weighted by Gasteiger charge is -2.36. The molecule has 2 aliphatic heterocycles. The van der Waals surface area contributed by atoms with E-state index in [1.807, 2.05) is 42.2 Å². The van der Waals surface area contributed by atoms with E-state index in [-0.39, 0.29) is 18.4 Å². The van der Waals surface area contributed by atoms with Crippen molar-refractivity contribution in [2.75, 3.05) is 48.3 Å². The Balaban J connectivity index is 1.29. The Bertz CT molecular complexity index is 938. The largest absolute Gasteiger partial charge is 0.376 e. The van der Waals surface area contributed by atoms with E-state index >= 15 is 0 Å². The SMILES string of the molecule is Cc1cc(N2CCN(C(=O)CNc3ccc4c(c3)CCC(=O)N4)CC2)ccc1Cl. The van der Waals surface area contributed by atoms with Crippen LogP contribution in [0.3, 0.4) is 0 Å². The summed E-state index contributed by atoms with van der Waals surface area (Å²) in [5.41, 5.74) is 5.10. The summed E-state index contributed by atoms with van der Waals surface area (Å²) in [5.74, 6) is 0.157. The second-order valence-corrected chi connectivity index (χ2v) is 7.98. The van der Waals surface area contributed by atoms with E-state index in [0.29, 0.717) is 19.5 Å². The Labute approximate surface area is 175 Å². The molecule has 4 rings (SSSR count). The molecular formula is C22H25ClN4O2. The molecule has 2 aromatic rings. The van der Waals surface area contributed by atoms with Crippen LogP contribution < -0.4 is 15.5 Å². The summed E-state index contributed by atoms with van der Waals surface area (Å²) in [6.07, 6.45) is 1.24. The molecule has 2 heterocycles. The summed E-state index contributed by atoms with van der Waals surface area (Å²) in [4.78, 5) is 28.3. The lowest BCUT2D eigenvalue weighted by atomic mass is 10.0. The Morgan fingerprint density at radius 3 is 2.66 bits per heavy atom. The van der Waals surface area contributed by atoms with Gasteiger partial charge < -0.3 is 20.4 Å². The quantitative estimate of drug-likeness (QED) is 0.808. The van der Waals surface area contributed by atoms with Gasteiger partial charge in [-0.25, -0.2) is 0 Å². The summed E-state index contributed by atoms with van der Waals surface area (Å²) in [6, 6.07) is 11.9. The third-order valence-electron chi connectivity index (χ3n) is 5.58. The van der Waals surface area contributed by atoms with Crippen molar-refractivity contribution < 1.29 is 9.59 Å². The van der Waals surface area contributed by atoms with Crippen molar-refractivity contribution >= 4 is 40.5 Å². The van der Waals surface area contributed by atoms with Gasteiger partial charge in [-0.1, -0.05) is 11.6 Å². The smallest absolute Gasteiger partial charge is 0.241 e. The number of nitrogens with one attached hydrogen (secondary N) is 2. The van der Waals surface area contributed by atoms with E-state index in [0.717, 1.165) is 52.7 Å². The van der Waals surface area contributed by atoms with E-state index in [9.17, 15) is 9.59 Å².